The van der Waals surface area contributed by atoms with Gasteiger partial charge in [0.2, 0.25) is 0 Å². The zero-order chi connectivity index (χ0) is 16.3. The van der Waals surface area contributed by atoms with E-state index in [4.69, 9.17) is 21.4 Å². The van der Waals surface area contributed by atoms with Crippen molar-refractivity contribution in [1.29, 1.82) is 0 Å². The third-order valence-electron chi connectivity index (χ3n) is 2.29. The standard InChI is InChI=1S/C10H9ClFN4O5P/c11-7-3-6(12)1-2-8(7)14-10(17)9-4-13-16(15-9)5-21-22(18,19)20/h1-4H,5H2,(H,14,17)(H2,18,19,20). The summed E-state index contributed by atoms with van der Waals surface area (Å²) < 4.78 is 27.6. The van der Waals surface area contributed by atoms with E-state index < -0.39 is 26.3 Å². The van der Waals surface area contributed by atoms with Gasteiger partial charge in [-0.3, -0.25) is 9.32 Å². The Bertz CT molecular complexity index is 749. The summed E-state index contributed by atoms with van der Waals surface area (Å²) in [5.74, 6) is -1.24. The van der Waals surface area contributed by atoms with E-state index in [1.807, 2.05) is 0 Å². The second-order valence-corrected chi connectivity index (χ2v) is 5.58. The van der Waals surface area contributed by atoms with E-state index in [2.05, 4.69) is 20.0 Å². The highest BCUT2D eigenvalue weighted by molar-refractivity contribution is 7.46. The number of amides is 1. The smallest absolute Gasteiger partial charge is 0.319 e. The van der Waals surface area contributed by atoms with Crippen LogP contribution in [0.5, 0.6) is 0 Å². The average Bonchev–Trinajstić information content (AvgIpc) is 2.88. The minimum atomic E-state index is -4.67. The van der Waals surface area contributed by atoms with Crippen molar-refractivity contribution in [2.75, 3.05) is 5.32 Å². The Labute approximate surface area is 127 Å². The summed E-state index contributed by atoms with van der Waals surface area (Å²) in [5.41, 5.74) is 0.0313. The molecule has 3 N–H and O–H groups in total. The number of phosphoric ester groups is 1. The van der Waals surface area contributed by atoms with E-state index in [1.54, 1.807) is 0 Å². The third-order valence-corrected chi connectivity index (χ3v) is 3.05. The lowest BCUT2D eigenvalue weighted by Crippen LogP contribution is -2.14. The Morgan fingerprint density at radius 3 is 2.86 bits per heavy atom. The molecular formula is C10H9ClFN4O5P. The second-order valence-electron chi connectivity index (χ2n) is 3.93. The van der Waals surface area contributed by atoms with Crippen molar-refractivity contribution in [2.45, 2.75) is 6.73 Å². The van der Waals surface area contributed by atoms with Crippen molar-refractivity contribution in [1.82, 2.24) is 15.0 Å². The van der Waals surface area contributed by atoms with E-state index in [1.165, 1.54) is 6.07 Å². The first-order chi connectivity index (χ1) is 10.2. The average molecular weight is 351 g/mol. The Morgan fingerprint density at radius 2 is 2.23 bits per heavy atom. The highest BCUT2D eigenvalue weighted by Gasteiger charge is 2.16. The molecule has 0 bridgehead atoms. The maximum atomic E-state index is 12.9. The topological polar surface area (TPSA) is 127 Å². The number of nitrogens with zero attached hydrogens (tertiary/aromatic N) is 3. The summed E-state index contributed by atoms with van der Waals surface area (Å²) in [4.78, 5) is 29.7. The molecule has 0 fully saturated rings. The van der Waals surface area contributed by atoms with E-state index >= 15 is 0 Å². The number of hydrogen-bond acceptors (Lipinski definition) is 5. The number of halogens is 2. The molecule has 0 atom stereocenters. The fourth-order valence-corrected chi connectivity index (χ4v) is 1.84. The molecule has 0 aliphatic heterocycles. The lowest BCUT2D eigenvalue weighted by molar-refractivity contribution is 0.101. The number of anilines is 1. The summed E-state index contributed by atoms with van der Waals surface area (Å²) >= 11 is 5.76. The van der Waals surface area contributed by atoms with Gasteiger partial charge in [0, 0.05) is 0 Å². The molecule has 1 aromatic carbocycles. The van der Waals surface area contributed by atoms with Crippen LogP contribution < -0.4 is 5.32 Å². The Morgan fingerprint density at radius 1 is 1.50 bits per heavy atom. The van der Waals surface area contributed by atoms with Crippen molar-refractivity contribution in [3.63, 3.8) is 0 Å². The Hall–Kier alpha value is -1.84. The fourth-order valence-electron chi connectivity index (χ4n) is 1.37. The first-order valence-electron chi connectivity index (χ1n) is 5.61. The van der Waals surface area contributed by atoms with Crippen molar-refractivity contribution in [3.8, 4) is 0 Å². The largest absolute Gasteiger partial charge is 0.471 e. The molecule has 2 rings (SSSR count). The van der Waals surface area contributed by atoms with E-state index in [9.17, 15) is 13.8 Å². The number of phosphoric acid groups is 1. The van der Waals surface area contributed by atoms with Crippen LogP contribution in [0.4, 0.5) is 10.1 Å². The van der Waals surface area contributed by atoms with Gasteiger partial charge in [-0.1, -0.05) is 11.6 Å². The molecule has 1 heterocycles. The lowest BCUT2D eigenvalue weighted by Gasteiger charge is -2.05. The molecule has 12 heteroatoms. The van der Waals surface area contributed by atoms with Gasteiger partial charge in [-0.15, -0.1) is 5.10 Å². The predicted molar refractivity (Wildman–Crippen MR) is 72.5 cm³/mol. The monoisotopic (exact) mass is 350 g/mol. The van der Waals surface area contributed by atoms with E-state index in [0.717, 1.165) is 23.1 Å². The SMILES string of the molecule is O=C(Nc1ccc(F)cc1Cl)c1cnn(COP(=O)(O)O)n1. The quantitative estimate of drug-likeness (QED) is 0.695. The fraction of sp³-hybridized carbons (Fsp3) is 0.100. The maximum Gasteiger partial charge on any atom is 0.471 e. The van der Waals surface area contributed by atoms with Crippen molar-refractivity contribution >= 4 is 31.0 Å². The number of rotatable bonds is 5. The van der Waals surface area contributed by atoms with Crippen LogP contribution in [0.3, 0.4) is 0 Å². The van der Waals surface area contributed by atoms with Gasteiger partial charge in [0.15, 0.2) is 12.4 Å². The molecule has 1 aromatic heterocycles. The first kappa shape index (κ1) is 16.5. The van der Waals surface area contributed by atoms with Crippen LogP contribution >= 0.6 is 19.4 Å². The van der Waals surface area contributed by atoms with Gasteiger partial charge in [0.05, 0.1) is 16.9 Å². The van der Waals surface area contributed by atoms with E-state index in [-0.39, 0.29) is 16.4 Å². The van der Waals surface area contributed by atoms with Gasteiger partial charge < -0.3 is 15.1 Å². The molecule has 0 saturated heterocycles. The summed E-state index contributed by atoms with van der Waals surface area (Å²) in [5, 5.41) is 9.66. The summed E-state index contributed by atoms with van der Waals surface area (Å²) in [6.07, 6.45) is 1.07. The highest BCUT2D eigenvalue weighted by atomic mass is 35.5. The number of benzene rings is 1. The van der Waals surface area contributed by atoms with Crippen LogP contribution in [-0.2, 0) is 15.8 Å². The molecule has 0 spiro atoms. The number of carbonyl (C=O) groups excluding carboxylic acids is 1. The Kier molecular flexibility index (Phi) is 4.89. The van der Waals surface area contributed by atoms with Gasteiger partial charge >= 0.3 is 7.82 Å². The third kappa shape index (κ3) is 4.58. The van der Waals surface area contributed by atoms with Gasteiger partial charge in [-0.25, -0.2) is 8.96 Å². The molecule has 0 aliphatic rings. The molecule has 2 aromatic rings. The second kappa shape index (κ2) is 6.51. The van der Waals surface area contributed by atoms with Crippen LogP contribution in [0, 0.1) is 5.82 Å². The van der Waals surface area contributed by atoms with Crippen molar-refractivity contribution in [2.24, 2.45) is 0 Å². The number of carbonyl (C=O) groups is 1. The summed E-state index contributed by atoms with van der Waals surface area (Å²) in [6, 6.07) is 3.42. The molecule has 0 unspecified atom stereocenters. The van der Waals surface area contributed by atoms with Crippen molar-refractivity contribution in [3.05, 3.63) is 40.9 Å². The molecule has 0 saturated carbocycles. The summed E-state index contributed by atoms with van der Waals surface area (Å²) in [6.45, 7) is -0.630. The van der Waals surface area contributed by atoms with Gasteiger partial charge in [0.1, 0.15) is 5.82 Å². The highest BCUT2D eigenvalue weighted by Crippen LogP contribution is 2.35. The Balaban J connectivity index is 2.04. The zero-order valence-electron chi connectivity index (χ0n) is 10.7. The van der Waals surface area contributed by atoms with Crippen LogP contribution in [0.2, 0.25) is 5.02 Å². The van der Waals surface area contributed by atoms with Crippen molar-refractivity contribution < 1.29 is 28.1 Å². The van der Waals surface area contributed by atoms with Gasteiger partial charge in [0.25, 0.3) is 5.91 Å². The van der Waals surface area contributed by atoms with Crippen LogP contribution in [-0.4, -0.2) is 30.7 Å². The number of aromatic nitrogens is 3. The minimum Gasteiger partial charge on any atom is -0.319 e. The van der Waals surface area contributed by atoms with Crippen LogP contribution in [0.1, 0.15) is 10.5 Å². The number of nitrogens with one attached hydrogen (secondary N) is 1. The first-order valence-corrected chi connectivity index (χ1v) is 7.52. The molecule has 22 heavy (non-hydrogen) atoms. The maximum absolute atomic E-state index is 12.9. The zero-order valence-corrected chi connectivity index (χ0v) is 12.3. The molecule has 118 valence electrons. The molecular weight excluding hydrogens is 342 g/mol. The van der Waals surface area contributed by atoms with Gasteiger partial charge in [-0.2, -0.15) is 9.90 Å². The number of hydrogen-bond donors (Lipinski definition) is 3. The van der Waals surface area contributed by atoms with E-state index in [0.29, 0.717) is 0 Å². The summed E-state index contributed by atoms with van der Waals surface area (Å²) in [7, 11) is -4.67. The van der Waals surface area contributed by atoms with Crippen LogP contribution in [0.15, 0.2) is 24.4 Å². The minimum absolute atomic E-state index is 0.00516. The normalized spacial score (nSPS) is 11.5. The predicted octanol–water partition coefficient (Wildman–Crippen LogP) is 1.39. The van der Waals surface area contributed by atoms with Gasteiger partial charge in [-0.05, 0) is 18.2 Å². The molecule has 1 amide bonds. The molecule has 0 aliphatic carbocycles. The molecule has 9 nitrogen and oxygen atoms in total. The lowest BCUT2D eigenvalue weighted by atomic mass is 10.3. The van der Waals surface area contributed by atoms with Crippen LogP contribution in [0.25, 0.3) is 0 Å². The molecule has 0 radical (unpaired) electrons.